The van der Waals surface area contributed by atoms with Crippen LogP contribution in [-0.4, -0.2) is 68.2 Å². The van der Waals surface area contributed by atoms with Gasteiger partial charge in [0.05, 0.1) is 12.7 Å². The summed E-state index contributed by atoms with van der Waals surface area (Å²) in [6.45, 7) is 2.05. The molecule has 0 radical (unpaired) electrons. The third-order valence-electron chi connectivity index (χ3n) is 2.54. The molecule has 2 N–H and O–H groups in total. The number of nitrogens with zero attached hydrogens (tertiary/aromatic N) is 4. The van der Waals surface area contributed by atoms with Gasteiger partial charge < -0.3 is 10.6 Å². The summed E-state index contributed by atoms with van der Waals surface area (Å²) < 4.78 is 27.2. The number of sulfonamides is 1. The normalized spacial score (nSPS) is 12.6. The molecular formula is C10H21N5O2S. The van der Waals surface area contributed by atoms with Crippen molar-refractivity contribution in [2.75, 3.05) is 40.8 Å². The molecule has 0 aliphatic rings. The van der Waals surface area contributed by atoms with Crippen LogP contribution in [0.1, 0.15) is 0 Å². The number of likely N-dealkylation sites (N-methyl/N-ethyl adjacent to an activating group) is 2. The van der Waals surface area contributed by atoms with Gasteiger partial charge >= 0.3 is 0 Å². The van der Waals surface area contributed by atoms with Crippen molar-refractivity contribution in [3.05, 3.63) is 12.4 Å². The van der Waals surface area contributed by atoms with E-state index in [1.807, 2.05) is 19.0 Å². The van der Waals surface area contributed by atoms with Gasteiger partial charge in [0.25, 0.3) is 0 Å². The minimum atomic E-state index is -3.45. The van der Waals surface area contributed by atoms with E-state index in [4.69, 9.17) is 5.73 Å². The minimum Gasteiger partial charge on any atom is -0.329 e. The van der Waals surface area contributed by atoms with Crippen LogP contribution in [0.5, 0.6) is 0 Å². The summed E-state index contributed by atoms with van der Waals surface area (Å²) in [6.07, 6.45) is 2.87. The molecule has 0 unspecified atom stereocenters. The Morgan fingerprint density at radius 2 is 2.00 bits per heavy atom. The van der Waals surface area contributed by atoms with Crippen LogP contribution in [0.3, 0.4) is 0 Å². The fraction of sp³-hybridized carbons (Fsp3) is 0.700. The predicted molar refractivity (Wildman–Crippen MR) is 69.7 cm³/mol. The SMILES string of the molecule is CN(C)CCN(C)S(=O)(=O)c1cnn(CCN)c1. The highest BCUT2D eigenvalue weighted by Gasteiger charge is 2.22. The summed E-state index contributed by atoms with van der Waals surface area (Å²) in [4.78, 5) is 2.14. The summed E-state index contributed by atoms with van der Waals surface area (Å²) in [6, 6.07) is 0. The van der Waals surface area contributed by atoms with Crippen molar-refractivity contribution in [2.45, 2.75) is 11.4 Å². The van der Waals surface area contributed by atoms with E-state index in [2.05, 4.69) is 5.10 Å². The van der Waals surface area contributed by atoms with E-state index in [1.54, 1.807) is 7.05 Å². The van der Waals surface area contributed by atoms with Crippen LogP contribution in [0.25, 0.3) is 0 Å². The lowest BCUT2D eigenvalue weighted by molar-refractivity contribution is 0.358. The molecule has 1 aromatic rings. The fourth-order valence-electron chi connectivity index (χ4n) is 1.37. The molecule has 0 aliphatic carbocycles. The van der Waals surface area contributed by atoms with Gasteiger partial charge in [-0.25, -0.2) is 8.42 Å². The van der Waals surface area contributed by atoms with Crippen LogP contribution >= 0.6 is 0 Å². The van der Waals surface area contributed by atoms with Gasteiger partial charge in [-0.3, -0.25) is 4.68 Å². The third kappa shape index (κ3) is 3.77. The van der Waals surface area contributed by atoms with E-state index in [1.165, 1.54) is 21.4 Å². The molecule has 104 valence electrons. The molecule has 0 fully saturated rings. The second-order valence-corrected chi connectivity index (χ2v) is 6.40. The minimum absolute atomic E-state index is 0.206. The van der Waals surface area contributed by atoms with Gasteiger partial charge in [0, 0.05) is 32.9 Å². The van der Waals surface area contributed by atoms with Gasteiger partial charge in [-0.1, -0.05) is 0 Å². The van der Waals surface area contributed by atoms with Crippen molar-refractivity contribution in [1.82, 2.24) is 19.0 Å². The molecule has 1 heterocycles. The van der Waals surface area contributed by atoms with Gasteiger partial charge in [-0.15, -0.1) is 0 Å². The average Bonchev–Trinajstić information content (AvgIpc) is 2.75. The number of aromatic nitrogens is 2. The quantitative estimate of drug-likeness (QED) is 0.692. The van der Waals surface area contributed by atoms with E-state index >= 15 is 0 Å². The number of hydrogen-bond donors (Lipinski definition) is 1. The Balaban J connectivity index is 2.77. The first-order chi connectivity index (χ1) is 8.37. The maximum Gasteiger partial charge on any atom is 0.245 e. The van der Waals surface area contributed by atoms with Gasteiger partial charge in [0.1, 0.15) is 4.90 Å². The Kier molecular flexibility index (Phi) is 5.27. The first kappa shape index (κ1) is 15.1. The Morgan fingerprint density at radius 3 is 2.56 bits per heavy atom. The molecule has 0 aliphatic heterocycles. The van der Waals surface area contributed by atoms with Crippen molar-refractivity contribution >= 4 is 10.0 Å². The summed E-state index contributed by atoms with van der Waals surface area (Å²) in [5.74, 6) is 0. The van der Waals surface area contributed by atoms with Crippen LogP contribution in [0.4, 0.5) is 0 Å². The summed E-state index contributed by atoms with van der Waals surface area (Å²) >= 11 is 0. The standard InChI is InChI=1S/C10H21N5O2S/c1-13(2)6-7-14(3)18(16,17)10-8-12-15(9-10)5-4-11/h8-9H,4-7,11H2,1-3H3. The van der Waals surface area contributed by atoms with Crippen LogP contribution in [0.15, 0.2) is 17.3 Å². The van der Waals surface area contributed by atoms with E-state index < -0.39 is 10.0 Å². The molecule has 0 amide bonds. The van der Waals surface area contributed by atoms with E-state index in [9.17, 15) is 8.42 Å². The second-order valence-electron chi connectivity index (χ2n) is 4.36. The van der Waals surface area contributed by atoms with E-state index in [-0.39, 0.29) is 4.90 Å². The van der Waals surface area contributed by atoms with Crippen molar-refractivity contribution in [3.63, 3.8) is 0 Å². The molecule has 18 heavy (non-hydrogen) atoms. The highest BCUT2D eigenvalue weighted by molar-refractivity contribution is 7.89. The fourth-order valence-corrected chi connectivity index (χ4v) is 2.49. The Morgan fingerprint density at radius 1 is 1.33 bits per heavy atom. The lowest BCUT2D eigenvalue weighted by Gasteiger charge is -2.18. The first-order valence-electron chi connectivity index (χ1n) is 5.71. The maximum atomic E-state index is 12.2. The number of rotatable bonds is 7. The monoisotopic (exact) mass is 275 g/mol. The third-order valence-corrected chi connectivity index (χ3v) is 4.35. The topological polar surface area (TPSA) is 84.5 Å². The summed E-state index contributed by atoms with van der Waals surface area (Å²) in [5, 5.41) is 3.97. The highest BCUT2D eigenvalue weighted by Crippen LogP contribution is 2.12. The predicted octanol–water partition coefficient (Wildman–Crippen LogP) is -0.976. The first-order valence-corrected chi connectivity index (χ1v) is 7.15. The molecule has 1 aromatic heterocycles. The molecule has 0 saturated heterocycles. The van der Waals surface area contributed by atoms with Crippen molar-refractivity contribution < 1.29 is 8.42 Å². The molecule has 7 nitrogen and oxygen atoms in total. The zero-order valence-electron chi connectivity index (χ0n) is 11.1. The van der Waals surface area contributed by atoms with Crippen LogP contribution < -0.4 is 5.73 Å². The molecule has 1 rings (SSSR count). The summed E-state index contributed by atoms with van der Waals surface area (Å²) in [5.41, 5.74) is 5.39. The highest BCUT2D eigenvalue weighted by atomic mass is 32.2. The van der Waals surface area contributed by atoms with Crippen LogP contribution in [0, 0.1) is 0 Å². The lowest BCUT2D eigenvalue weighted by atomic mass is 10.6. The van der Waals surface area contributed by atoms with Gasteiger partial charge in [0.2, 0.25) is 10.0 Å². The lowest BCUT2D eigenvalue weighted by Crippen LogP contribution is -2.33. The van der Waals surface area contributed by atoms with Gasteiger partial charge in [-0.2, -0.15) is 9.40 Å². The second kappa shape index (κ2) is 6.28. The van der Waals surface area contributed by atoms with Crippen molar-refractivity contribution in [3.8, 4) is 0 Å². The largest absolute Gasteiger partial charge is 0.329 e. The Hall–Kier alpha value is -0.960. The molecule has 0 spiro atoms. The number of hydrogen-bond acceptors (Lipinski definition) is 5. The van der Waals surface area contributed by atoms with Crippen LogP contribution in [-0.2, 0) is 16.6 Å². The van der Waals surface area contributed by atoms with E-state index in [0.717, 1.165) is 0 Å². The summed E-state index contributed by atoms with van der Waals surface area (Å²) in [7, 11) is 1.92. The zero-order valence-corrected chi connectivity index (χ0v) is 11.9. The van der Waals surface area contributed by atoms with Gasteiger partial charge in [0.15, 0.2) is 0 Å². The van der Waals surface area contributed by atoms with Gasteiger partial charge in [-0.05, 0) is 14.1 Å². The maximum absolute atomic E-state index is 12.2. The number of nitrogens with two attached hydrogens (primary N) is 1. The van der Waals surface area contributed by atoms with Crippen molar-refractivity contribution in [1.29, 1.82) is 0 Å². The van der Waals surface area contributed by atoms with Crippen LogP contribution in [0.2, 0.25) is 0 Å². The molecule has 0 bridgehead atoms. The molecule has 0 saturated carbocycles. The van der Waals surface area contributed by atoms with E-state index in [0.29, 0.717) is 26.2 Å². The molecule has 8 heteroatoms. The molecule has 0 aromatic carbocycles. The smallest absolute Gasteiger partial charge is 0.245 e. The Labute approximate surface area is 108 Å². The molecular weight excluding hydrogens is 254 g/mol. The average molecular weight is 275 g/mol. The van der Waals surface area contributed by atoms with Crippen molar-refractivity contribution in [2.24, 2.45) is 5.73 Å². The zero-order chi connectivity index (χ0) is 13.8. The molecule has 0 atom stereocenters. The Bertz CT molecular complexity index is 468.